The molecule has 0 aromatic carbocycles. The van der Waals surface area contributed by atoms with E-state index in [2.05, 4.69) is 28.3 Å². The number of ether oxygens (including phenoxy) is 1. The summed E-state index contributed by atoms with van der Waals surface area (Å²) in [5.41, 5.74) is 0.879. The molecule has 2 heterocycles. The molecule has 0 radical (unpaired) electrons. The number of aromatic nitrogens is 1. The lowest BCUT2D eigenvalue weighted by Gasteiger charge is -2.26. The normalized spacial score (nSPS) is 19.8. The van der Waals surface area contributed by atoms with Crippen LogP contribution in [-0.4, -0.2) is 40.3 Å². The van der Waals surface area contributed by atoms with Crippen LogP contribution in [0.1, 0.15) is 45.6 Å². The summed E-state index contributed by atoms with van der Waals surface area (Å²) >= 11 is 0. The van der Waals surface area contributed by atoms with Crippen LogP contribution >= 0.6 is 0 Å². The van der Waals surface area contributed by atoms with Crippen molar-refractivity contribution in [2.45, 2.75) is 58.2 Å². The standard InChI is InChI=1S/C17H29N3O2/c1-17(2,3)22-16(21)20-9-5-6-15(8-11-20)18-12-14-7-10-19(4)13-14/h7,10,13,15,18H,5-6,8-9,11-12H2,1-4H3. The summed E-state index contributed by atoms with van der Waals surface area (Å²) in [7, 11) is 2.04. The molecule has 0 spiro atoms. The highest BCUT2D eigenvalue weighted by molar-refractivity contribution is 5.68. The van der Waals surface area contributed by atoms with Crippen molar-refractivity contribution in [1.29, 1.82) is 0 Å². The molecule has 5 heteroatoms. The van der Waals surface area contributed by atoms with Gasteiger partial charge in [-0.3, -0.25) is 0 Å². The molecule has 1 aromatic rings. The molecule has 1 unspecified atom stereocenters. The average Bonchev–Trinajstić information content (AvgIpc) is 2.69. The smallest absolute Gasteiger partial charge is 0.410 e. The summed E-state index contributed by atoms with van der Waals surface area (Å²) in [5, 5.41) is 3.61. The number of amides is 1. The Hall–Kier alpha value is -1.49. The van der Waals surface area contributed by atoms with Crippen LogP contribution in [0, 0.1) is 0 Å². The Balaban J connectivity index is 1.78. The van der Waals surface area contributed by atoms with Gasteiger partial charge in [-0.1, -0.05) is 0 Å². The lowest BCUT2D eigenvalue weighted by molar-refractivity contribution is 0.0256. The lowest BCUT2D eigenvalue weighted by atomic mass is 10.1. The SMILES string of the molecule is Cn1ccc(CNC2CCCN(C(=O)OC(C)(C)C)CC2)c1. The van der Waals surface area contributed by atoms with Crippen molar-refractivity contribution in [2.24, 2.45) is 7.05 Å². The molecular formula is C17H29N3O2. The summed E-state index contributed by atoms with van der Waals surface area (Å²) in [4.78, 5) is 14.0. The molecule has 1 fully saturated rings. The predicted molar refractivity (Wildman–Crippen MR) is 87.7 cm³/mol. The van der Waals surface area contributed by atoms with E-state index in [1.54, 1.807) is 0 Å². The zero-order chi connectivity index (χ0) is 16.2. The second-order valence-electron chi connectivity index (χ2n) is 7.16. The molecule has 1 aliphatic heterocycles. The van der Waals surface area contributed by atoms with E-state index in [9.17, 15) is 4.79 Å². The number of hydrogen-bond donors (Lipinski definition) is 1. The molecule has 1 saturated heterocycles. The van der Waals surface area contributed by atoms with Crippen molar-refractivity contribution in [1.82, 2.24) is 14.8 Å². The second kappa shape index (κ2) is 7.18. The first-order chi connectivity index (χ1) is 10.3. The van der Waals surface area contributed by atoms with Crippen LogP contribution in [0.3, 0.4) is 0 Å². The summed E-state index contributed by atoms with van der Waals surface area (Å²) in [6.45, 7) is 8.17. The van der Waals surface area contributed by atoms with Crippen molar-refractivity contribution in [2.75, 3.05) is 13.1 Å². The minimum atomic E-state index is -0.422. The van der Waals surface area contributed by atoms with Gasteiger partial charge in [0.2, 0.25) is 0 Å². The van der Waals surface area contributed by atoms with Crippen molar-refractivity contribution >= 4 is 6.09 Å². The lowest BCUT2D eigenvalue weighted by Crippen LogP contribution is -2.38. The highest BCUT2D eigenvalue weighted by Crippen LogP contribution is 2.16. The molecule has 2 rings (SSSR count). The van der Waals surface area contributed by atoms with Gasteiger partial charge in [-0.15, -0.1) is 0 Å². The second-order valence-corrected chi connectivity index (χ2v) is 7.16. The number of nitrogens with one attached hydrogen (secondary N) is 1. The Bertz CT molecular complexity index is 490. The zero-order valence-electron chi connectivity index (χ0n) is 14.3. The Morgan fingerprint density at radius 1 is 1.36 bits per heavy atom. The Morgan fingerprint density at radius 2 is 2.14 bits per heavy atom. The maximum absolute atomic E-state index is 12.1. The summed E-state index contributed by atoms with van der Waals surface area (Å²) in [5.74, 6) is 0. The maximum atomic E-state index is 12.1. The van der Waals surface area contributed by atoms with Crippen LogP contribution in [0.4, 0.5) is 4.79 Å². The number of carbonyl (C=O) groups is 1. The minimum absolute atomic E-state index is 0.184. The molecule has 124 valence electrons. The minimum Gasteiger partial charge on any atom is -0.444 e. The molecule has 22 heavy (non-hydrogen) atoms. The monoisotopic (exact) mass is 307 g/mol. The number of hydrogen-bond acceptors (Lipinski definition) is 3. The van der Waals surface area contributed by atoms with Crippen LogP contribution < -0.4 is 5.32 Å². The topological polar surface area (TPSA) is 46.5 Å². The number of likely N-dealkylation sites (tertiary alicyclic amines) is 1. The first-order valence-corrected chi connectivity index (χ1v) is 8.16. The molecule has 1 N–H and O–H groups in total. The van der Waals surface area contributed by atoms with E-state index >= 15 is 0 Å². The summed E-state index contributed by atoms with van der Waals surface area (Å²) < 4.78 is 7.53. The number of rotatable bonds is 3. The van der Waals surface area contributed by atoms with E-state index in [-0.39, 0.29) is 6.09 Å². The van der Waals surface area contributed by atoms with E-state index in [0.29, 0.717) is 6.04 Å². The third kappa shape index (κ3) is 5.37. The average molecular weight is 307 g/mol. The maximum Gasteiger partial charge on any atom is 0.410 e. The van der Waals surface area contributed by atoms with Crippen molar-refractivity contribution in [3.05, 3.63) is 24.0 Å². The van der Waals surface area contributed by atoms with E-state index in [1.807, 2.05) is 32.7 Å². The molecule has 1 atom stereocenters. The largest absolute Gasteiger partial charge is 0.444 e. The van der Waals surface area contributed by atoms with Gasteiger partial charge in [-0.05, 0) is 51.7 Å². The predicted octanol–water partition coefficient (Wildman–Crippen LogP) is 2.90. The first-order valence-electron chi connectivity index (χ1n) is 8.16. The fourth-order valence-electron chi connectivity index (χ4n) is 2.74. The molecule has 0 aliphatic carbocycles. The van der Waals surface area contributed by atoms with Gasteiger partial charge >= 0.3 is 6.09 Å². The van der Waals surface area contributed by atoms with Crippen molar-refractivity contribution in [3.63, 3.8) is 0 Å². The van der Waals surface area contributed by atoms with Gasteiger partial charge in [-0.2, -0.15) is 0 Å². The Labute approximate surface area is 133 Å². The third-order valence-corrected chi connectivity index (χ3v) is 3.87. The molecule has 1 amide bonds. The van der Waals surface area contributed by atoms with Gasteiger partial charge in [0.25, 0.3) is 0 Å². The van der Waals surface area contributed by atoms with Gasteiger partial charge in [-0.25, -0.2) is 4.79 Å². The summed E-state index contributed by atoms with van der Waals surface area (Å²) in [6, 6.07) is 2.60. The van der Waals surface area contributed by atoms with E-state index in [4.69, 9.17) is 4.74 Å². The molecular weight excluding hydrogens is 278 g/mol. The third-order valence-electron chi connectivity index (χ3n) is 3.87. The highest BCUT2D eigenvalue weighted by Gasteiger charge is 2.24. The van der Waals surface area contributed by atoms with Crippen LogP contribution in [0.2, 0.25) is 0 Å². The fourth-order valence-corrected chi connectivity index (χ4v) is 2.74. The van der Waals surface area contributed by atoms with Crippen molar-refractivity contribution in [3.8, 4) is 0 Å². The van der Waals surface area contributed by atoms with Gasteiger partial charge in [0.05, 0.1) is 0 Å². The number of nitrogens with zero attached hydrogens (tertiary/aromatic N) is 2. The molecule has 1 aliphatic rings. The molecule has 1 aromatic heterocycles. The zero-order valence-corrected chi connectivity index (χ0v) is 14.3. The molecule has 5 nitrogen and oxygen atoms in total. The number of aryl methyl sites for hydroxylation is 1. The molecule has 0 saturated carbocycles. The Morgan fingerprint density at radius 3 is 2.77 bits per heavy atom. The van der Waals surface area contributed by atoms with Crippen LogP contribution in [0.5, 0.6) is 0 Å². The van der Waals surface area contributed by atoms with Gasteiger partial charge in [0.1, 0.15) is 5.60 Å². The number of carbonyl (C=O) groups excluding carboxylic acids is 1. The van der Waals surface area contributed by atoms with Crippen molar-refractivity contribution < 1.29 is 9.53 Å². The van der Waals surface area contributed by atoms with E-state index in [1.165, 1.54) is 5.56 Å². The van der Waals surface area contributed by atoms with Crippen LogP contribution in [0.15, 0.2) is 18.5 Å². The van der Waals surface area contributed by atoms with Gasteiger partial charge in [0, 0.05) is 45.1 Å². The van der Waals surface area contributed by atoms with Crippen LogP contribution in [-0.2, 0) is 18.3 Å². The molecule has 0 bridgehead atoms. The summed E-state index contributed by atoms with van der Waals surface area (Å²) in [6.07, 6.45) is 7.12. The van der Waals surface area contributed by atoms with Crippen LogP contribution in [0.25, 0.3) is 0 Å². The van der Waals surface area contributed by atoms with Gasteiger partial charge < -0.3 is 19.5 Å². The highest BCUT2D eigenvalue weighted by atomic mass is 16.6. The fraction of sp³-hybridized carbons (Fsp3) is 0.706. The van der Waals surface area contributed by atoms with Gasteiger partial charge in [0.15, 0.2) is 0 Å². The first kappa shape index (κ1) is 16.9. The van der Waals surface area contributed by atoms with E-state index < -0.39 is 5.60 Å². The van der Waals surface area contributed by atoms with E-state index in [0.717, 1.165) is 38.9 Å². The quantitative estimate of drug-likeness (QED) is 0.934. The Kier molecular flexibility index (Phi) is 5.51.